The van der Waals surface area contributed by atoms with Crippen molar-refractivity contribution in [2.45, 2.75) is 31.6 Å². The number of methoxy groups -OCH3 is 1. The van der Waals surface area contributed by atoms with Crippen molar-refractivity contribution < 1.29 is 14.3 Å². The Hall–Kier alpha value is -4.11. The van der Waals surface area contributed by atoms with Gasteiger partial charge < -0.3 is 15.4 Å². The minimum absolute atomic E-state index is 0.109. The van der Waals surface area contributed by atoms with Crippen molar-refractivity contribution in [3.8, 4) is 5.75 Å². The number of rotatable bonds is 11. The molecule has 1 heterocycles. The number of nitrogens with zero attached hydrogens (tertiary/aromatic N) is 2. The Balaban J connectivity index is 1.49. The number of carbonyl (C=O) groups excluding carboxylic acids is 2. The molecule has 38 heavy (non-hydrogen) atoms. The van der Waals surface area contributed by atoms with Gasteiger partial charge in [-0.15, -0.1) is 0 Å². The van der Waals surface area contributed by atoms with Crippen LogP contribution < -0.4 is 20.9 Å². The van der Waals surface area contributed by atoms with Gasteiger partial charge in [-0.3, -0.25) is 19.0 Å². The van der Waals surface area contributed by atoms with Crippen molar-refractivity contribution in [3.05, 3.63) is 99.8 Å². The third-order valence-corrected chi connectivity index (χ3v) is 6.88. The highest BCUT2D eigenvalue weighted by atomic mass is 32.2. The van der Waals surface area contributed by atoms with Crippen molar-refractivity contribution in [2.75, 3.05) is 19.4 Å². The quantitative estimate of drug-likeness (QED) is 0.225. The smallest absolute Gasteiger partial charge is 0.262 e. The Morgan fingerprint density at radius 3 is 2.37 bits per heavy atom. The van der Waals surface area contributed by atoms with Crippen LogP contribution >= 0.6 is 11.8 Å². The van der Waals surface area contributed by atoms with Crippen LogP contribution in [0.3, 0.4) is 0 Å². The molecule has 8 nitrogen and oxygen atoms in total. The van der Waals surface area contributed by atoms with E-state index < -0.39 is 0 Å². The summed E-state index contributed by atoms with van der Waals surface area (Å²) in [6.07, 6.45) is 0.863. The average molecular weight is 531 g/mol. The molecule has 196 valence electrons. The first-order chi connectivity index (χ1) is 18.5. The molecule has 4 aromatic rings. The van der Waals surface area contributed by atoms with Crippen molar-refractivity contribution in [3.63, 3.8) is 0 Å². The molecule has 0 aliphatic carbocycles. The van der Waals surface area contributed by atoms with Crippen LogP contribution in [-0.2, 0) is 17.9 Å². The highest BCUT2D eigenvalue weighted by Gasteiger charge is 2.14. The maximum atomic E-state index is 13.4. The normalized spacial score (nSPS) is 10.8. The summed E-state index contributed by atoms with van der Waals surface area (Å²) >= 11 is 1.22. The molecule has 2 N–H and O–H groups in total. The number of nitrogens with one attached hydrogen (secondary N) is 2. The summed E-state index contributed by atoms with van der Waals surface area (Å²) in [5.74, 6) is 0.574. The summed E-state index contributed by atoms with van der Waals surface area (Å²) in [7, 11) is 1.61. The van der Waals surface area contributed by atoms with Crippen LogP contribution in [0.1, 0.15) is 34.8 Å². The maximum absolute atomic E-state index is 13.4. The van der Waals surface area contributed by atoms with E-state index in [9.17, 15) is 14.4 Å². The number of ether oxygens (including phenoxy) is 1. The predicted molar refractivity (Wildman–Crippen MR) is 150 cm³/mol. The Kier molecular flexibility index (Phi) is 9.16. The first kappa shape index (κ1) is 26.9. The molecule has 4 rings (SSSR count). The summed E-state index contributed by atoms with van der Waals surface area (Å²) in [6.45, 7) is 3.27. The second-order valence-electron chi connectivity index (χ2n) is 8.67. The van der Waals surface area contributed by atoms with Crippen molar-refractivity contribution in [1.29, 1.82) is 0 Å². The van der Waals surface area contributed by atoms with E-state index in [2.05, 4.69) is 15.6 Å². The van der Waals surface area contributed by atoms with Crippen molar-refractivity contribution in [1.82, 2.24) is 20.2 Å². The van der Waals surface area contributed by atoms with Crippen LogP contribution in [0, 0.1) is 0 Å². The lowest BCUT2D eigenvalue weighted by molar-refractivity contribution is -0.118. The van der Waals surface area contributed by atoms with Gasteiger partial charge in [-0.2, -0.15) is 0 Å². The number of hydrogen-bond donors (Lipinski definition) is 2. The van der Waals surface area contributed by atoms with Crippen molar-refractivity contribution in [2.24, 2.45) is 0 Å². The topological polar surface area (TPSA) is 102 Å². The fourth-order valence-electron chi connectivity index (χ4n) is 3.81. The predicted octanol–water partition coefficient (Wildman–Crippen LogP) is 4.00. The number of aromatic nitrogens is 2. The van der Waals surface area contributed by atoms with Crippen LogP contribution in [0.2, 0.25) is 0 Å². The summed E-state index contributed by atoms with van der Waals surface area (Å²) in [6, 6.07) is 21.8. The van der Waals surface area contributed by atoms with Gasteiger partial charge in [0.15, 0.2) is 5.16 Å². The SMILES string of the molecule is CCCNC(=O)c1ccc(Cn2c(SCC(=O)NCc3ccc(OC)cc3)nc3ccccc3c2=O)cc1. The molecule has 0 bridgehead atoms. The van der Waals surface area contributed by atoms with Gasteiger partial charge in [0.1, 0.15) is 5.75 Å². The molecule has 3 aromatic carbocycles. The Morgan fingerprint density at radius 1 is 0.947 bits per heavy atom. The number of benzene rings is 3. The van der Waals surface area contributed by atoms with Crippen molar-refractivity contribution >= 4 is 34.5 Å². The third-order valence-electron chi connectivity index (χ3n) is 5.90. The lowest BCUT2D eigenvalue weighted by Crippen LogP contribution is -2.27. The van der Waals surface area contributed by atoms with E-state index in [-0.39, 0.29) is 29.7 Å². The number of thioether (sulfide) groups is 1. The minimum Gasteiger partial charge on any atom is -0.497 e. The zero-order chi connectivity index (χ0) is 26.9. The zero-order valence-corrected chi connectivity index (χ0v) is 22.2. The van der Waals surface area contributed by atoms with Crippen LogP contribution in [0.25, 0.3) is 10.9 Å². The van der Waals surface area contributed by atoms with Gasteiger partial charge >= 0.3 is 0 Å². The van der Waals surface area contributed by atoms with E-state index in [1.165, 1.54) is 11.8 Å². The van der Waals surface area contributed by atoms with Gasteiger partial charge in [0.25, 0.3) is 11.5 Å². The van der Waals surface area contributed by atoms with Gasteiger partial charge in [-0.05, 0) is 53.9 Å². The van der Waals surface area contributed by atoms with Crippen LogP contribution in [-0.4, -0.2) is 40.8 Å². The third kappa shape index (κ3) is 6.80. The molecule has 0 atom stereocenters. The highest BCUT2D eigenvalue weighted by molar-refractivity contribution is 7.99. The van der Waals surface area contributed by atoms with E-state index in [1.54, 1.807) is 42.0 Å². The molecule has 0 aliphatic rings. The van der Waals surface area contributed by atoms with E-state index in [1.807, 2.05) is 49.4 Å². The van der Waals surface area contributed by atoms with Crippen LogP contribution in [0.5, 0.6) is 5.75 Å². The Labute approximate surface area is 225 Å². The number of fused-ring (bicyclic) bond motifs is 1. The first-order valence-electron chi connectivity index (χ1n) is 12.4. The van der Waals surface area contributed by atoms with Gasteiger partial charge in [0.2, 0.25) is 5.91 Å². The Bertz CT molecular complexity index is 1470. The van der Waals surface area contributed by atoms with E-state index in [0.29, 0.717) is 34.7 Å². The zero-order valence-electron chi connectivity index (χ0n) is 21.4. The fourth-order valence-corrected chi connectivity index (χ4v) is 4.64. The van der Waals surface area contributed by atoms with E-state index in [0.717, 1.165) is 23.3 Å². The number of hydrogen-bond acceptors (Lipinski definition) is 6. The summed E-state index contributed by atoms with van der Waals surface area (Å²) in [5, 5.41) is 6.73. The molecule has 1 aromatic heterocycles. The molecule has 0 radical (unpaired) electrons. The van der Waals surface area contributed by atoms with Gasteiger partial charge in [-0.1, -0.05) is 55.1 Å². The average Bonchev–Trinajstić information content (AvgIpc) is 2.96. The molecule has 2 amide bonds. The molecular weight excluding hydrogens is 500 g/mol. The molecule has 0 aliphatic heterocycles. The molecule has 9 heteroatoms. The number of amides is 2. The number of para-hydroxylation sites is 1. The summed E-state index contributed by atoms with van der Waals surface area (Å²) in [4.78, 5) is 42.9. The van der Waals surface area contributed by atoms with Gasteiger partial charge in [0, 0.05) is 18.7 Å². The number of carbonyl (C=O) groups is 2. The molecular formula is C29H30N4O4S. The fraction of sp³-hybridized carbons (Fsp3) is 0.241. The lowest BCUT2D eigenvalue weighted by atomic mass is 10.1. The second kappa shape index (κ2) is 12.9. The lowest BCUT2D eigenvalue weighted by Gasteiger charge is -2.14. The highest BCUT2D eigenvalue weighted by Crippen LogP contribution is 2.19. The monoisotopic (exact) mass is 530 g/mol. The largest absolute Gasteiger partial charge is 0.497 e. The van der Waals surface area contributed by atoms with E-state index >= 15 is 0 Å². The molecule has 0 unspecified atom stereocenters. The van der Waals surface area contributed by atoms with Crippen LogP contribution in [0.4, 0.5) is 0 Å². The van der Waals surface area contributed by atoms with Crippen LogP contribution in [0.15, 0.2) is 82.7 Å². The molecule has 0 fully saturated rings. The van der Waals surface area contributed by atoms with E-state index in [4.69, 9.17) is 4.74 Å². The van der Waals surface area contributed by atoms with Gasteiger partial charge in [-0.25, -0.2) is 4.98 Å². The van der Waals surface area contributed by atoms with Gasteiger partial charge in [0.05, 0.1) is 30.3 Å². The first-order valence-corrected chi connectivity index (χ1v) is 13.4. The summed E-state index contributed by atoms with van der Waals surface area (Å²) < 4.78 is 6.74. The standard InChI is InChI=1S/C29H30N4O4S/c1-3-16-30-27(35)22-12-8-21(9-13-22)18-33-28(36)24-6-4-5-7-25(24)32-29(33)38-19-26(34)31-17-20-10-14-23(37-2)15-11-20/h4-15H,3,16-19H2,1-2H3,(H,30,35)(H,31,34). The molecule has 0 spiro atoms. The molecule has 0 saturated heterocycles. The minimum atomic E-state index is -0.179. The summed E-state index contributed by atoms with van der Waals surface area (Å²) in [5.41, 5.74) is 2.77. The Morgan fingerprint density at radius 2 is 1.66 bits per heavy atom. The maximum Gasteiger partial charge on any atom is 0.262 e. The molecule has 0 saturated carbocycles. The second-order valence-corrected chi connectivity index (χ2v) is 9.61.